The minimum atomic E-state index is -3.75. The standard InChI is InChI=1S/C12H18N2O4S2/c1-19(15,16)10-3-2-4-11(7-10)20(17,18)14-12(8-13)9-5-6-9/h2-4,7,9,12,14H,5-6,8,13H2,1H3. The van der Waals surface area contributed by atoms with E-state index in [2.05, 4.69) is 4.72 Å². The van der Waals surface area contributed by atoms with E-state index >= 15 is 0 Å². The summed E-state index contributed by atoms with van der Waals surface area (Å²) in [5.41, 5.74) is 5.58. The molecular weight excluding hydrogens is 300 g/mol. The largest absolute Gasteiger partial charge is 0.329 e. The van der Waals surface area contributed by atoms with Crippen molar-refractivity contribution in [3.8, 4) is 0 Å². The number of sulfone groups is 1. The molecule has 8 heteroatoms. The number of hydrogen-bond acceptors (Lipinski definition) is 5. The zero-order valence-electron chi connectivity index (χ0n) is 11.1. The van der Waals surface area contributed by atoms with E-state index in [0.29, 0.717) is 0 Å². The highest BCUT2D eigenvalue weighted by Crippen LogP contribution is 2.33. The molecule has 20 heavy (non-hydrogen) atoms. The number of hydrogen-bond donors (Lipinski definition) is 2. The molecule has 1 atom stereocenters. The summed E-state index contributed by atoms with van der Waals surface area (Å²) in [7, 11) is -7.19. The molecule has 0 aliphatic heterocycles. The van der Waals surface area contributed by atoms with Gasteiger partial charge in [0, 0.05) is 18.8 Å². The highest BCUT2D eigenvalue weighted by Gasteiger charge is 2.33. The van der Waals surface area contributed by atoms with Crippen LogP contribution in [-0.4, -0.2) is 35.7 Å². The topological polar surface area (TPSA) is 106 Å². The van der Waals surface area contributed by atoms with Crippen LogP contribution in [0.1, 0.15) is 12.8 Å². The number of rotatable bonds is 6. The van der Waals surface area contributed by atoms with E-state index in [4.69, 9.17) is 5.73 Å². The number of benzene rings is 1. The summed E-state index contributed by atoms with van der Waals surface area (Å²) in [6.45, 7) is 0.232. The zero-order valence-corrected chi connectivity index (χ0v) is 12.7. The van der Waals surface area contributed by atoms with Gasteiger partial charge in [-0.15, -0.1) is 0 Å². The first-order valence-electron chi connectivity index (χ1n) is 6.26. The lowest BCUT2D eigenvalue weighted by atomic mass is 10.2. The Balaban J connectivity index is 2.29. The Bertz CT molecular complexity index is 694. The van der Waals surface area contributed by atoms with E-state index in [-0.39, 0.29) is 28.3 Å². The Morgan fingerprint density at radius 1 is 1.25 bits per heavy atom. The highest BCUT2D eigenvalue weighted by atomic mass is 32.2. The van der Waals surface area contributed by atoms with Crippen LogP contribution in [0.15, 0.2) is 34.1 Å². The summed E-state index contributed by atoms with van der Waals surface area (Å²) >= 11 is 0. The van der Waals surface area contributed by atoms with Crippen molar-refractivity contribution in [1.29, 1.82) is 0 Å². The van der Waals surface area contributed by atoms with Gasteiger partial charge in [-0.3, -0.25) is 0 Å². The number of sulfonamides is 1. The highest BCUT2D eigenvalue weighted by molar-refractivity contribution is 7.91. The van der Waals surface area contributed by atoms with Gasteiger partial charge in [0.2, 0.25) is 10.0 Å². The molecule has 1 aliphatic rings. The molecule has 0 aromatic heterocycles. The molecule has 1 saturated carbocycles. The van der Waals surface area contributed by atoms with Crippen molar-refractivity contribution in [3.05, 3.63) is 24.3 Å². The van der Waals surface area contributed by atoms with Gasteiger partial charge in [-0.25, -0.2) is 21.6 Å². The van der Waals surface area contributed by atoms with Gasteiger partial charge in [0.1, 0.15) is 0 Å². The molecule has 1 unspecified atom stereocenters. The lowest BCUT2D eigenvalue weighted by Crippen LogP contribution is -2.41. The monoisotopic (exact) mass is 318 g/mol. The molecule has 1 aromatic carbocycles. The van der Waals surface area contributed by atoms with Gasteiger partial charge in [0.15, 0.2) is 9.84 Å². The van der Waals surface area contributed by atoms with Gasteiger partial charge in [-0.1, -0.05) is 6.07 Å². The van der Waals surface area contributed by atoms with Gasteiger partial charge >= 0.3 is 0 Å². The lowest BCUT2D eigenvalue weighted by Gasteiger charge is -2.16. The molecule has 0 bridgehead atoms. The molecule has 0 spiro atoms. The third kappa shape index (κ3) is 3.57. The Labute approximate surface area is 119 Å². The molecule has 0 amide bonds. The van der Waals surface area contributed by atoms with Crippen molar-refractivity contribution in [2.45, 2.75) is 28.7 Å². The van der Waals surface area contributed by atoms with Crippen molar-refractivity contribution in [3.63, 3.8) is 0 Å². The van der Waals surface area contributed by atoms with Gasteiger partial charge in [-0.05, 0) is 37.0 Å². The molecule has 0 heterocycles. The molecule has 6 nitrogen and oxygen atoms in total. The van der Waals surface area contributed by atoms with Crippen LogP contribution in [0.2, 0.25) is 0 Å². The van der Waals surface area contributed by atoms with Crippen molar-refractivity contribution < 1.29 is 16.8 Å². The maximum atomic E-state index is 12.3. The quantitative estimate of drug-likeness (QED) is 0.774. The molecule has 2 rings (SSSR count). The first-order chi connectivity index (χ1) is 9.24. The van der Waals surface area contributed by atoms with Crippen molar-refractivity contribution in [2.24, 2.45) is 11.7 Å². The van der Waals surface area contributed by atoms with Crippen molar-refractivity contribution >= 4 is 19.9 Å². The van der Waals surface area contributed by atoms with E-state index < -0.39 is 19.9 Å². The summed E-state index contributed by atoms with van der Waals surface area (Å²) in [5, 5.41) is 0. The van der Waals surface area contributed by atoms with Crippen LogP contribution in [0, 0.1) is 5.92 Å². The number of nitrogens with two attached hydrogens (primary N) is 1. The molecule has 112 valence electrons. The molecule has 3 N–H and O–H groups in total. The lowest BCUT2D eigenvalue weighted by molar-refractivity contribution is 0.519. The molecule has 0 radical (unpaired) electrons. The van der Waals surface area contributed by atoms with Gasteiger partial charge in [-0.2, -0.15) is 0 Å². The second-order valence-electron chi connectivity index (χ2n) is 5.05. The summed E-state index contributed by atoms with van der Waals surface area (Å²) < 4.78 is 50.0. The van der Waals surface area contributed by atoms with Gasteiger partial charge in [0.05, 0.1) is 9.79 Å². The third-order valence-corrected chi connectivity index (χ3v) is 5.89. The number of nitrogens with one attached hydrogen (secondary N) is 1. The van der Waals surface area contributed by atoms with E-state index in [1.807, 2.05) is 0 Å². The molecule has 0 saturated heterocycles. The van der Waals surface area contributed by atoms with E-state index in [1.54, 1.807) is 0 Å². The summed E-state index contributed by atoms with van der Waals surface area (Å²) in [5.74, 6) is 0.285. The molecule has 1 aromatic rings. The van der Waals surface area contributed by atoms with Crippen LogP contribution in [0.5, 0.6) is 0 Å². The van der Waals surface area contributed by atoms with Gasteiger partial charge in [0.25, 0.3) is 0 Å². The van der Waals surface area contributed by atoms with Crippen LogP contribution in [0.4, 0.5) is 0 Å². The van der Waals surface area contributed by atoms with Crippen LogP contribution in [0.25, 0.3) is 0 Å². The Kier molecular flexibility index (Phi) is 4.19. The first kappa shape index (κ1) is 15.4. The zero-order chi connectivity index (χ0) is 15.0. The smallest absolute Gasteiger partial charge is 0.240 e. The first-order valence-corrected chi connectivity index (χ1v) is 9.64. The van der Waals surface area contributed by atoms with Crippen LogP contribution in [0.3, 0.4) is 0 Å². The fraction of sp³-hybridized carbons (Fsp3) is 0.500. The van der Waals surface area contributed by atoms with Gasteiger partial charge < -0.3 is 5.73 Å². The van der Waals surface area contributed by atoms with E-state index in [9.17, 15) is 16.8 Å². The average Bonchev–Trinajstić information content (AvgIpc) is 3.19. The fourth-order valence-electron chi connectivity index (χ4n) is 1.97. The van der Waals surface area contributed by atoms with Crippen molar-refractivity contribution in [1.82, 2.24) is 4.72 Å². The normalized spacial score (nSPS) is 17.9. The maximum absolute atomic E-state index is 12.3. The molecular formula is C12H18N2O4S2. The minimum absolute atomic E-state index is 0.0175. The second-order valence-corrected chi connectivity index (χ2v) is 8.78. The Morgan fingerprint density at radius 3 is 2.35 bits per heavy atom. The SMILES string of the molecule is CS(=O)(=O)c1cccc(S(=O)(=O)NC(CN)C2CC2)c1. The fourth-order valence-corrected chi connectivity index (χ4v) is 4.08. The Morgan fingerprint density at radius 2 is 1.85 bits per heavy atom. The predicted molar refractivity (Wildman–Crippen MR) is 75.4 cm³/mol. The summed E-state index contributed by atoms with van der Waals surface area (Å²) in [6, 6.07) is 5.03. The van der Waals surface area contributed by atoms with E-state index in [0.717, 1.165) is 25.2 Å². The third-order valence-electron chi connectivity index (χ3n) is 3.30. The predicted octanol–water partition coefficient (Wildman–Crippen LogP) is 0.106. The van der Waals surface area contributed by atoms with E-state index in [1.165, 1.54) is 18.2 Å². The van der Waals surface area contributed by atoms with Crippen molar-refractivity contribution in [2.75, 3.05) is 12.8 Å². The summed E-state index contributed by atoms with van der Waals surface area (Å²) in [4.78, 5) is -0.0735. The molecule has 1 fully saturated rings. The maximum Gasteiger partial charge on any atom is 0.240 e. The Hall–Kier alpha value is -0.960. The average molecular weight is 318 g/mol. The van der Waals surface area contributed by atoms with Crippen LogP contribution in [-0.2, 0) is 19.9 Å². The minimum Gasteiger partial charge on any atom is -0.329 e. The van der Waals surface area contributed by atoms with Crippen LogP contribution >= 0.6 is 0 Å². The molecule has 1 aliphatic carbocycles. The second kappa shape index (κ2) is 5.44. The van der Waals surface area contributed by atoms with Crippen LogP contribution < -0.4 is 10.5 Å². The summed E-state index contributed by atoms with van der Waals surface area (Å²) in [6.07, 6.45) is 2.97.